The van der Waals surface area contributed by atoms with E-state index in [2.05, 4.69) is 22.4 Å². The van der Waals surface area contributed by atoms with Crippen LogP contribution in [-0.2, 0) is 0 Å². The molecule has 0 aromatic carbocycles. The van der Waals surface area contributed by atoms with E-state index in [0.717, 1.165) is 18.2 Å². The van der Waals surface area contributed by atoms with E-state index in [-0.39, 0.29) is 6.04 Å². The predicted molar refractivity (Wildman–Crippen MR) is 53.0 cm³/mol. The molecule has 1 N–H and O–H groups in total. The van der Waals surface area contributed by atoms with Crippen LogP contribution >= 0.6 is 0 Å². The van der Waals surface area contributed by atoms with Gasteiger partial charge in [0.25, 0.3) is 0 Å². The molecular formula is C10H17N3O. The fourth-order valence-corrected chi connectivity index (χ4v) is 1.71. The maximum absolute atomic E-state index is 5.65. The number of aromatic nitrogens is 2. The van der Waals surface area contributed by atoms with Crippen LogP contribution in [0.4, 0.5) is 0 Å². The van der Waals surface area contributed by atoms with E-state index in [1.807, 2.05) is 7.05 Å². The van der Waals surface area contributed by atoms with Gasteiger partial charge in [0, 0.05) is 5.92 Å². The van der Waals surface area contributed by atoms with Crippen LogP contribution in [0.3, 0.4) is 0 Å². The van der Waals surface area contributed by atoms with Gasteiger partial charge in [-0.2, -0.15) is 0 Å². The lowest BCUT2D eigenvalue weighted by atomic mass is 9.85. The van der Waals surface area contributed by atoms with Gasteiger partial charge in [-0.3, -0.25) is 0 Å². The van der Waals surface area contributed by atoms with Crippen LogP contribution in [0.25, 0.3) is 0 Å². The van der Waals surface area contributed by atoms with Crippen molar-refractivity contribution in [2.45, 2.75) is 44.6 Å². The number of rotatable bonds is 4. The molecule has 4 heteroatoms. The molecule has 0 amide bonds. The molecule has 0 spiro atoms. The van der Waals surface area contributed by atoms with Gasteiger partial charge in [-0.05, 0) is 26.3 Å². The van der Waals surface area contributed by atoms with E-state index >= 15 is 0 Å². The average Bonchev–Trinajstić information content (AvgIpc) is 2.53. The van der Waals surface area contributed by atoms with E-state index in [0.29, 0.717) is 5.92 Å². The summed E-state index contributed by atoms with van der Waals surface area (Å²) in [4.78, 5) is 0. The SMILES string of the molecule is CCC(NC)c1nnc(C2CCC2)o1. The minimum Gasteiger partial charge on any atom is -0.423 e. The fraction of sp³-hybridized carbons (Fsp3) is 0.800. The Bertz CT molecular complexity index is 289. The molecule has 1 aliphatic carbocycles. The number of hydrogen-bond donors (Lipinski definition) is 1. The van der Waals surface area contributed by atoms with Crippen molar-refractivity contribution < 1.29 is 4.42 Å². The summed E-state index contributed by atoms with van der Waals surface area (Å²) >= 11 is 0. The van der Waals surface area contributed by atoms with Crippen LogP contribution < -0.4 is 5.32 Å². The molecule has 1 fully saturated rings. The Labute approximate surface area is 84.1 Å². The van der Waals surface area contributed by atoms with Gasteiger partial charge in [0.2, 0.25) is 11.8 Å². The third-order valence-electron chi connectivity index (χ3n) is 2.97. The molecule has 1 heterocycles. The van der Waals surface area contributed by atoms with Crippen molar-refractivity contribution >= 4 is 0 Å². The Morgan fingerprint density at radius 2 is 2.29 bits per heavy atom. The van der Waals surface area contributed by atoms with Crippen molar-refractivity contribution in [3.05, 3.63) is 11.8 Å². The van der Waals surface area contributed by atoms with Crippen LogP contribution in [-0.4, -0.2) is 17.2 Å². The predicted octanol–water partition coefficient (Wildman–Crippen LogP) is 2.01. The topological polar surface area (TPSA) is 51.0 Å². The van der Waals surface area contributed by atoms with Crippen LogP contribution in [0.5, 0.6) is 0 Å². The lowest BCUT2D eigenvalue weighted by molar-refractivity contribution is 0.310. The molecule has 78 valence electrons. The molecule has 0 aliphatic heterocycles. The molecule has 1 unspecified atom stereocenters. The summed E-state index contributed by atoms with van der Waals surface area (Å²) in [6, 6.07) is 0.205. The molecule has 1 aromatic heterocycles. The van der Waals surface area contributed by atoms with Gasteiger partial charge in [0.05, 0.1) is 6.04 Å². The van der Waals surface area contributed by atoms with E-state index in [4.69, 9.17) is 4.42 Å². The Balaban J connectivity index is 2.07. The monoisotopic (exact) mass is 195 g/mol. The van der Waals surface area contributed by atoms with Crippen molar-refractivity contribution in [1.82, 2.24) is 15.5 Å². The first kappa shape index (κ1) is 9.65. The minimum atomic E-state index is 0.205. The molecule has 0 radical (unpaired) electrons. The second-order valence-corrected chi connectivity index (χ2v) is 3.86. The summed E-state index contributed by atoms with van der Waals surface area (Å²) in [5, 5.41) is 11.3. The summed E-state index contributed by atoms with van der Waals surface area (Å²) in [7, 11) is 1.92. The van der Waals surface area contributed by atoms with Gasteiger partial charge in [-0.15, -0.1) is 10.2 Å². The van der Waals surface area contributed by atoms with Gasteiger partial charge in [-0.25, -0.2) is 0 Å². The number of nitrogens with one attached hydrogen (secondary N) is 1. The highest BCUT2D eigenvalue weighted by Crippen LogP contribution is 2.35. The number of hydrogen-bond acceptors (Lipinski definition) is 4. The molecule has 0 bridgehead atoms. The average molecular weight is 195 g/mol. The summed E-state index contributed by atoms with van der Waals surface area (Å²) in [6.07, 6.45) is 4.68. The van der Waals surface area contributed by atoms with Crippen molar-refractivity contribution in [2.75, 3.05) is 7.05 Å². The third-order valence-corrected chi connectivity index (χ3v) is 2.97. The van der Waals surface area contributed by atoms with Crippen molar-refractivity contribution in [2.24, 2.45) is 0 Å². The Morgan fingerprint density at radius 3 is 2.79 bits per heavy atom. The highest BCUT2D eigenvalue weighted by atomic mass is 16.4. The minimum absolute atomic E-state index is 0.205. The van der Waals surface area contributed by atoms with Crippen LogP contribution in [0, 0.1) is 0 Å². The first-order valence-electron chi connectivity index (χ1n) is 5.35. The first-order valence-corrected chi connectivity index (χ1v) is 5.35. The van der Waals surface area contributed by atoms with Gasteiger partial charge < -0.3 is 9.73 Å². The first-order chi connectivity index (χ1) is 6.85. The lowest BCUT2D eigenvalue weighted by Crippen LogP contribution is -2.15. The summed E-state index contributed by atoms with van der Waals surface area (Å²) in [5.74, 6) is 2.10. The Hall–Kier alpha value is -0.900. The number of nitrogens with zero attached hydrogens (tertiary/aromatic N) is 2. The Morgan fingerprint density at radius 1 is 1.50 bits per heavy atom. The lowest BCUT2D eigenvalue weighted by Gasteiger charge is -2.20. The molecule has 1 atom stereocenters. The highest BCUT2D eigenvalue weighted by Gasteiger charge is 2.26. The highest BCUT2D eigenvalue weighted by molar-refractivity contribution is 4.98. The Kier molecular flexibility index (Phi) is 2.82. The van der Waals surface area contributed by atoms with Crippen LogP contribution in [0.15, 0.2) is 4.42 Å². The maximum atomic E-state index is 5.65. The molecule has 14 heavy (non-hydrogen) atoms. The van der Waals surface area contributed by atoms with E-state index in [9.17, 15) is 0 Å². The van der Waals surface area contributed by atoms with Gasteiger partial charge >= 0.3 is 0 Å². The molecule has 1 saturated carbocycles. The quantitative estimate of drug-likeness (QED) is 0.798. The zero-order valence-corrected chi connectivity index (χ0v) is 8.79. The normalized spacial score (nSPS) is 19.3. The largest absolute Gasteiger partial charge is 0.423 e. The summed E-state index contributed by atoms with van der Waals surface area (Å²) in [6.45, 7) is 2.11. The zero-order chi connectivity index (χ0) is 9.97. The second kappa shape index (κ2) is 4.09. The zero-order valence-electron chi connectivity index (χ0n) is 8.79. The standard InChI is InChI=1S/C10H17N3O/c1-3-8(11-2)10-13-12-9(14-10)7-5-4-6-7/h7-8,11H,3-6H2,1-2H3. The smallest absolute Gasteiger partial charge is 0.233 e. The molecule has 0 saturated heterocycles. The van der Waals surface area contributed by atoms with Crippen molar-refractivity contribution in [3.63, 3.8) is 0 Å². The molecule has 1 aliphatic rings. The second-order valence-electron chi connectivity index (χ2n) is 3.86. The van der Waals surface area contributed by atoms with Gasteiger partial charge in [0.15, 0.2) is 0 Å². The maximum Gasteiger partial charge on any atom is 0.233 e. The van der Waals surface area contributed by atoms with Crippen LogP contribution in [0.2, 0.25) is 0 Å². The summed E-state index contributed by atoms with van der Waals surface area (Å²) in [5.41, 5.74) is 0. The van der Waals surface area contributed by atoms with E-state index in [1.165, 1.54) is 19.3 Å². The molecule has 1 aromatic rings. The molecule has 4 nitrogen and oxygen atoms in total. The van der Waals surface area contributed by atoms with Crippen molar-refractivity contribution in [3.8, 4) is 0 Å². The third kappa shape index (κ3) is 1.66. The van der Waals surface area contributed by atoms with Crippen LogP contribution in [0.1, 0.15) is 56.3 Å². The molecule has 2 rings (SSSR count). The van der Waals surface area contributed by atoms with Gasteiger partial charge in [-0.1, -0.05) is 13.3 Å². The van der Waals surface area contributed by atoms with E-state index < -0.39 is 0 Å². The molecular weight excluding hydrogens is 178 g/mol. The summed E-state index contributed by atoms with van der Waals surface area (Å²) < 4.78 is 5.65. The fourth-order valence-electron chi connectivity index (χ4n) is 1.71. The van der Waals surface area contributed by atoms with Gasteiger partial charge in [0.1, 0.15) is 0 Å². The van der Waals surface area contributed by atoms with E-state index in [1.54, 1.807) is 0 Å². The van der Waals surface area contributed by atoms with Crippen molar-refractivity contribution in [1.29, 1.82) is 0 Å².